The van der Waals surface area contributed by atoms with E-state index in [0.717, 1.165) is 30.9 Å². The molecule has 0 N–H and O–H groups in total. The molecule has 0 aromatic heterocycles. The Morgan fingerprint density at radius 1 is 1.22 bits per heavy atom. The fraction of sp³-hybridized carbons (Fsp3) is 0.400. The minimum atomic E-state index is 0.462. The van der Waals surface area contributed by atoms with Gasteiger partial charge in [-0.3, -0.25) is 4.90 Å². The summed E-state index contributed by atoms with van der Waals surface area (Å²) in [6.45, 7) is 3.84. The third-order valence-corrected chi connectivity index (χ3v) is 5.16. The van der Waals surface area contributed by atoms with Gasteiger partial charge in [0.05, 0.1) is 13.7 Å². The maximum Gasteiger partial charge on any atom is 0.126 e. The van der Waals surface area contributed by atoms with E-state index in [2.05, 4.69) is 42.3 Å². The van der Waals surface area contributed by atoms with Crippen LogP contribution in [0.1, 0.15) is 29.7 Å². The summed E-state index contributed by atoms with van der Waals surface area (Å²) in [5.41, 5.74) is 6.82. The van der Waals surface area contributed by atoms with E-state index < -0.39 is 0 Å². The van der Waals surface area contributed by atoms with Crippen molar-refractivity contribution < 1.29 is 9.47 Å². The van der Waals surface area contributed by atoms with Crippen molar-refractivity contribution in [2.24, 2.45) is 0 Å². The van der Waals surface area contributed by atoms with Crippen molar-refractivity contribution in [3.63, 3.8) is 0 Å². The van der Waals surface area contributed by atoms with Gasteiger partial charge in [-0.05, 0) is 67.3 Å². The summed E-state index contributed by atoms with van der Waals surface area (Å²) >= 11 is 0. The molecule has 0 saturated heterocycles. The molecule has 3 nitrogen and oxygen atoms in total. The molecule has 3 heteroatoms. The maximum absolute atomic E-state index is 5.83. The molecule has 1 atom stereocenters. The lowest BCUT2D eigenvalue weighted by molar-refractivity contribution is 0.227. The minimum absolute atomic E-state index is 0.462. The fourth-order valence-corrected chi connectivity index (χ4v) is 4.10. The monoisotopic (exact) mass is 309 g/mol. The number of hydrogen-bond acceptors (Lipinski definition) is 3. The molecule has 0 spiro atoms. The Morgan fingerprint density at radius 3 is 2.87 bits per heavy atom. The first-order chi connectivity index (χ1) is 11.2. The molecule has 0 fully saturated rings. The lowest BCUT2D eigenvalue weighted by Crippen LogP contribution is -2.35. The molecule has 0 unspecified atom stereocenters. The predicted molar refractivity (Wildman–Crippen MR) is 92.4 cm³/mol. The van der Waals surface area contributed by atoms with Crippen LogP contribution in [0.2, 0.25) is 0 Å². The average Bonchev–Trinajstić information content (AvgIpc) is 2.57. The standard InChI is InChI=1S/C20H23NO2/c1-4-23-15-10-14-8-9-21(2)17-11-13-6-5-7-18(22-3)20(13)16(12-15)19(14)17/h5-7,10,12,17H,4,8-9,11H2,1-3H3/t17-/m1/s1. The molecule has 0 radical (unpaired) electrons. The van der Waals surface area contributed by atoms with Crippen LogP contribution in [0.25, 0.3) is 11.1 Å². The molecule has 2 aromatic carbocycles. The van der Waals surface area contributed by atoms with Crippen LogP contribution < -0.4 is 9.47 Å². The second-order valence-corrected chi connectivity index (χ2v) is 6.42. The SMILES string of the molecule is CCOc1cc2c3c(c1)-c1c(cccc1OC)C[C@H]3N(C)CC2. The van der Waals surface area contributed by atoms with Gasteiger partial charge in [-0.25, -0.2) is 0 Å². The first-order valence-electron chi connectivity index (χ1n) is 8.39. The van der Waals surface area contributed by atoms with Crippen molar-refractivity contribution >= 4 is 0 Å². The quantitative estimate of drug-likeness (QED) is 0.859. The van der Waals surface area contributed by atoms with E-state index in [-0.39, 0.29) is 0 Å². The number of hydrogen-bond donors (Lipinski definition) is 0. The van der Waals surface area contributed by atoms with Gasteiger partial charge >= 0.3 is 0 Å². The number of rotatable bonds is 3. The molecule has 0 amide bonds. The highest BCUT2D eigenvalue weighted by Crippen LogP contribution is 2.49. The number of benzene rings is 2. The lowest BCUT2D eigenvalue weighted by atomic mass is 9.77. The number of ether oxygens (including phenoxy) is 2. The van der Waals surface area contributed by atoms with E-state index in [1.807, 2.05) is 6.92 Å². The molecule has 2 aliphatic rings. The number of nitrogens with zero attached hydrogens (tertiary/aromatic N) is 1. The fourth-order valence-electron chi connectivity index (χ4n) is 4.10. The molecule has 4 rings (SSSR count). The number of methoxy groups -OCH3 is 1. The first-order valence-corrected chi connectivity index (χ1v) is 8.39. The Bertz CT molecular complexity index is 754. The summed E-state index contributed by atoms with van der Waals surface area (Å²) in [5, 5.41) is 0. The van der Waals surface area contributed by atoms with Crippen molar-refractivity contribution in [3.8, 4) is 22.6 Å². The van der Waals surface area contributed by atoms with Crippen LogP contribution in [0, 0.1) is 0 Å². The summed E-state index contributed by atoms with van der Waals surface area (Å²) < 4.78 is 11.5. The van der Waals surface area contributed by atoms with Gasteiger partial charge in [-0.15, -0.1) is 0 Å². The van der Waals surface area contributed by atoms with Crippen LogP contribution in [0.4, 0.5) is 0 Å². The molecule has 0 bridgehead atoms. The van der Waals surface area contributed by atoms with Gasteiger partial charge < -0.3 is 9.47 Å². The van der Waals surface area contributed by atoms with E-state index in [4.69, 9.17) is 9.47 Å². The Kier molecular flexibility index (Phi) is 3.53. The Labute approximate surface area is 137 Å². The summed E-state index contributed by atoms with van der Waals surface area (Å²) in [5.74, 6) is 1.94. The van der Waals surface area contributed by atoms with Crippen LogP contribution >= 0.6 is 0 Å². The van der Waals surface area contributed by atoms with E-state index >= 15 is 0 Å². The largest absolute Gasteiger partial charge is 0.496 e. The van der Waals surface area contributed by atoms with Crippen LogP contribution in [0.3, 0.4) is 0 Å². The van der Waals surface area contributed by atoms with Gasteiger partial charge in [0.15, 0.2) is 0 Å². The zero-order valence-corrected chi connectivity index (χ0v) is 14.1. The molecule has 2 aromatic rings. The molecule has 1 aliphatic heterocycles. The van der Waals surface area contributed by atoms with Crippen molar-refractivity contribution in [1.29, 1.82) is 0 Å². The zero-order valence-electron chi connectivity index (χ0n) is 14.1. The Hall–Kier alpha value is -2.00. The van der Waals surface area contributed by atoms with Crippen molar-refractivity contribution in [3.05, 3.63) is 47.0 Å². The molecule has 1 aliphatic carbocycles. The highest BCUT2D eigenvalue weighted by Gasteiger charge is 2.34. The smallest absolute Gasteiger partial charge is 0.126 e. The van der Waals surface area contributed by atoms with E-state index in [1.54, 1.807) is 7.11 Å². The average molecular weight is 309 g/mol. The first kappa shape index (κ1) is 14.6. The molecule has 1 heterocycles. The second kappa shape index (κ2) is 5.57. The number of likely N-dealkylation sites (N-methyl/N-ethyl adjacent to an activating group) is 1. The van der Waals surface area contributed by atoms with Crippen molar-refractivity contribution in [2.45, 2.75) is 25.8 Å². The van der Waals surface area contributed by atoms with E-state index in [0.29, 0.717) is 12.6 Å². The van der Waals surface area contributed by atoms with Gasteiger partial charge in [-0.1, -0.05) is 12.1 Å². The number of fused-ring (bicyclic) bond motifs is 2. The van der Waals surface area contributed by atoms with Gasteiger partial charge in [0, 0.05) is 18.2 Å². The highest BCUT2D eigenvalue weighted by molar-refractivity contribution is 5.81. The van der Waals surface area contributed by atoms with Gasteiger partial charge in [-0.2, -0.15) is 0 Å². The van der Waals surface area contributed by atoms with Gasteiger partial charge in [0.1, 0.15) is 11.5 Å². The molecular formula is C20H23NO2. The summed E-state index contributed by atoms with van der Waals surface area (Å²) in [6, 6.07) is 11.3. The van der Waals surface area contributed by atoms with Crippen molar-refractivity contribution in [1.82, 2.24) is 4.90 Å². The van der Waals surface area contributed by atoms with Crippen LogP contribution in [-0.2, 0) is 12.8 Å². The third kappa shape index (κ3) is 2.22. The van der Waals surface area contributed by atoms with Gasteiger partial charge in [0.2, 0.25) is 0 Å². The third-order valence-electron chi connectivity index (χ3n) is 5.16. The minimum Gasteiger partial charge on any atom is -0.496 e. The van der Waals surface area contributed by atoms with Gasteiger partial charge in [0.25, 0.3) is 0 Å². The molecular weight excluding hydrogens is 286 g/mol. The topological polar surface area (TPSA) is 21.7 Å². The highest BCUT2D eigenvalue weighted by atomic mass is 16.5. The van der Waals surface area contributed by atoms with Crippen LogP contribution in [0.15, 0.2) is 30.3 Å². The Balaban J connectivity index is 2.00. The predicted octanol–water partition coefficient (Wildman–Crippen LogP) is 3.85. The second-order valence-electron chi connectivity index (χ2n) is 6.42. The normalized spacial score (nSPS) is 19.0. The van der Waals surface area contributed by atoms with Crippen LogP contribution in [-0.4, -0.2) is 32.2 Å². The lowest BCUT2D eigenvalue weighted by Gasteiger charge is -2.40. The molecule has 120 valence electrons. The van der Waals surface area contributed by atoms with Crippen LogP contribution in [0.5, 0.6) is 11.5 Å². The van der Waals surface area contributed by atoms with Crippen molar-refractivity contribution in [2.75, 3.05) is 27.3 Å². The summed E-state index contributed by atoms with van der Waals surface area (Å²) in [6.07, 6.45) is 2.14. The van der Waals surface area contributed by atoms with E-state index in [9.17, 15) is 0 Å². The Morgan fingerprint density at radius 2 is 2.09 bits per heavy atom. The van der Waals surface area contributed by atoms with E-state index in [1.165, 1.54) is 27.8 Å². The maximum atomic E-state index is 5.83. The molecule has 0 saturated carbocycles. The summed E-state index contributed by atoms with van der Waals surface area (Å²) in [7, 11) is 3.99. The zero-order chi connectivity index (χ0) is 16.0. The molecule has 23 heavy (non-hydrogen) atoms. The summed E-state index contributed by atoms with van der Waals surface area (Å²) in [4.78, 5) is 2.48.